The Hall–Kier alpha value is -2.36. The second-order valence-corrected chi connectivity index (χ2v) is 5.29. The summed E-state index contributed by atoms with van der Waals surface area (Å²) in [7, 11) is 0. The maximum atomic E-state index is 12.7. The molecule has 132 valence electrons. The molecule has 10 heteroatoms. The minimum Gasteiger partial charge on any atom is -0.378 e. The number of hydrogen-bond acceptors (Lipinski definition) is 5. The SMILES string of the molecule is CC(Nc1ccc(C(F)(F)F)cc1[N+](=O)[O-])C(=O)N1CCOCC1. The number of nitrogens with one attached hydrogen (secondary N) is 1. The minimum absolute atomic E-state index is 0.137. The van der Waals surface area contributed by atoms with Gasteiger partial charge in [0, 0.05) is 19.2 Å². The Labute approximate surface area is 135 Å². The van der Waals surface area contributed by atoms with Gasteiger partial charge in [0.15, 0.2) is 0 Å². The highest BCUT2D eigenvalue weighted by Crippen LogP contribution is 2.35. The Balaban J connectivity index is 2.18. The number of nitro groups is 1. The van der Waals surface area contributed by atoms with Gasteiger partial charge in [-0.15, -0.1) is 0 Å². The van der Waals surface area contributed by atoms with Crippen LogP contribution in [0.15, 0.2) is 18.2 Å². The predicted octanol–water partition coefficient (Wildman–Crippen LogP) is 2.27. The summed E-state index contributed by atoms with van der Waals surface area (Å²) in [6.45, 7) is 3.11. The zero-order valence-corrected chi connectivity index (χ0v) is 12.8. The van der Waals surface area contributed by atoms with Crippen LogP contribution < -0.4 is 5.32 Å². The minimum atomic E-state index is -4.68. The summed E-state index contributed by atoms with van der Waals surface area (Å²) in [5, 5.41) is 13.7. The smallest absolute Gasteiger partial charge is 0.378 e. The molecule has 1 aliphatic rings. The molecule has 24 heavy (non-hydrogen) atoms. The standard InChI is InChI=1S/C14H16F3N3O4/c1-9(13(21)19-4-6-24-7-5-19)18-11-3-2-10(14(15,16)17)8-12(11)20(22)23/h2-3,8-9,18H,4-7H2,1H3. The molecule has 1 saturated heterocycles. The Morgan fingerprint density at radius 2 is 2.00 bits per heavy atom. The van der Waals surface area contributed by atoms with E-state index in [1.165, 1.54) is 11.8 Å². The van der Waals surface area contributed by atoms with Crippen LogP contribution in [0.2, 0.25) is 0 Å². The summed E-state index contributed by atoms with van der Waals surface area (Å²) >= 11 is 0. The van der Waals surface area contributed by atoms with Gasteiger partial charge in [0.25, 0.3) is 5.69 Å². The van der Waals surface area contributed by atoms with E-state index >= 15 is 0 Å². The Kier molecular flexibility index (Phi) is 5.27. The van der Waals surface area contributed by atoms with Crippen LogP contribution in [0, 0.1) is 10.1 Å². The first kappa shape index (κ1) is 18.0. The lowest BCUT2D eigenvalue weighted by molar-refractivity contribution is -0.384. The van der Waals surface area contributed by atoms with Crippen molar-refractivity contribution in [3.8, 4) is 0 Å². The van der Waals surface area contributed by atoms with Crippen LogP contribution >= 0.6 is 0 Å². The van der Waals surface area contributed by atoms with Crippen molar-refractivity contribution < 1.29 is 27.6 Å². The fraction of sp³-hybridized carbons (Fsp3) is 0.500. The normalized spacial score (nSPS) is 16.6. The summed E-state index contributed by atoms with van der Waals surface area (Å²) in [5.41, 5.74) is -1.99. The molecule has 1 heterocycles. The first-order valence-electron chi connectivity index (χ1n) is 7.19. The van der Waals surface area contributed by atoms with Gasteiger partial charge in [-0.1, -0.05) is 0 Å². The number of carbonyl (C=O) groups is 1. The fourth-order valence-corrected chi connectivity index (χ4v) is 2.33. The number of alkyl halides is 3. The number of nitro benzene ring substituents is 1. The first-order chi connectivity index (χ1) is 11.2. The Morgan fingerprint density at radius 3 is 2.54 bits per heavy atom. The molecule has 0 saturated carbocycles. The van der Waals surface area contributed by atoms with Crippen molar-refractivity contribution in [1.29, 1.82) is 0 Å². The van der Waals surface area contributed by atoms with E-state index in [9.17, 15) is 28.1 Å². The van der Waals surface area contributed by atoms with E-state index in [4.69, 9.17) is 4.74 Å². The number of hydrogen-bond donors (Lipinski definition) is 1. The molecule has 0 aliphatic carbocycles. The molecule has 1 aromatic carbocycles. The summed E-state index contributed by atoms with van der Waals surface area (Å²) < 4.78 is 43.2. The van der Waals surface area contributed by atoms with Crippen LogP contribution in [0.3, 0.4) is 0 Å². The third-order valence-corrected chi connectivity index (χ3v) is 3.59. The average Bonchev–Trinajstić information content (AvgIpc) is 2.54. The molecule has 0 spiro atoms. The number of morpholine rings is 1. The summed E-state index contributed by atoms with van der Waals surface area (Å²) in [6, 6.07) is 1.33. The average molecular weight is 347 g/mol. The van der Waals surface area contributed by atoms with Crippen molar-refractivity contribution >= 4 is 17.3 Å². The van der Waals surface area contributed by atoms with Gasteiger partial charge in [0.2, 0.25) is 5.91 Å². The van der Waals surface area contributed by atoms with E-state index in [0.29, 0.717) is 32.4 Å². The molecule has 0 bridgehead atoms. The third kappa shape index (κ3) is 4.13. The molecule has 1 aromatic rings. The number of halogens is 3. The Bertz CT molecular complexity index is 630. The van der Waals surface area contributed by atoms with Gasteiger partial charge < -0.3 is 15.0 Å². The lowest BCUT2D eigenvalue weighted by atomic mass is 10.1. The molecule has 1 aliphatic heterocycles. The topological polar surface area (TPSA) is 84.7 Å². The zero-order chi connectivity index (χ0) is 17.9. The molecule has 1 atom stereocenters. The lowest BCUT2D eigenvalue weighted by Crippen LogP contribution is -2.47. The predicted molar refractivity (Wildman–Crippen MR) is 78.6 cm³/mol. The number of amides is 1. The van der Waals surface area contributed by atoms with E-state index in [-0.39, 0.29) is 11.6 Å². The van der Waals surface area contributed by atoms with Crippen molar-refractivity contribution in [2.75, 3.05) is 31.6 Å². The van der Waals surface area contributed by atoms with Crippen LogP contribution in [0.4, 0.5) is 24.5 Å². The summed E-state index contributed by atoms with van der Waals surface area (Å²) in [5.74, 6) is -0.299. The van der Waals surface area contributed by atoms with Crippen molar-refractivity contribution in [2.24, 2.45) is 0 Å². The maximum Gasteiger partial charge on any atom is 0.416 e. The molecular weight excluding hydrogens is 331 g/mol. The first-order valence-corrected chi connectivity index (χ1v) is 7.19. The number of carbonyl (C=O) groups excluding carboxylic acids is 1. The Morgan fingerprint density at radius 1 is 1.38 bits per heavy atom. The van der Waals surface area contributed by atoms with Gasteiger partial charge in [-0.05, 0) is 19.1 Å². The highest BCUT2D eigenvalue weighted by atomic mass is 19.4. The van der Waals surface area contributed by atoms with E-state index in [0.717, 1.165) is 12.1 Å². The van der Waals surface area contributed by atoms with Gasteiger partial charge in [-0.2, -0.15) is 13.2 Å². The number of ether oxygens (including phenoxy) is 1. The van der Waals surface area contributed by atoms with Crippen molar-refractivity contribution in [1.82, 2.24) is 4.90 Å². The number of nitrogens with zero attached hydrogens (tertiary/aromatic N) is 2. The van der Waals surface area contributed by atoms with E-state index in [1.54, 1.807) is 0 Å². The second-order valence-electron chi connectivity index (χ2n) is 5.29. The van der Waals surface area contributed by atoms with E-state index in [2.05, 4.69) is 5.32 Å². The molecule has 1 unspecified atom stereocenters. The van der Waals surface area contributed by atoms with Crippen molar-refractivity contribution in [3.63, 3.8) is 0 Å². The van der Waals surface area contributed by atoms with Crippen LogP contribution in [0.5, 0.6) is 0 Å². The zero-order valence-electron chi connectivity index (χ0n) is 12.8. The highest BCUT2D eigenvalue weighted by molar-refractivity contribution is 5.85. The monoisotopic (exact) mass is 347 g/mol. The van der Waals surface area contributed by atoms with Crippen molar-refractivity contribution in [2.45, 2.75) is 19.1 Å². The molecule has 1 N–H and O–H groups in total. The summed E-state index contributed by atoms with van der Waals surface area (Å²) in [6.07, 6.45) is -4.68. The molecule has 1 fully saturated rings. The van der Waals surface area contributed by atoms with Gasteiger partial charge in [-0.25, -0.2) is 0 Å². The van der Waals surface area contributed by atoms with E-state index < -0.39 is 28.4 Å². The molecule has 0 aromatic heterocycles. The molecule has 0 radical (unpaired) electrons. The van der Waals surface area contributed by atoms with Gasteiger partial charge >= 0.3 is 6.18 Å². The van der Waals surface area contributed by atoms with Crippen LogP contribution in [0.25, 0.3) is 0 Å². The van der Waals surface area contributed by atoms with Crippen LogP contribution in [0.1, 0.15) is 12.5 Å². The maximum absolute atomic E-state index is 12.7. The van der Waals surface area contributed by atoms with Crippen molar-refractivity contribution in [3.05, 3.63) is 33.9 Å². The lowest BCUT2D eigenvalue weighted by Gasteiger charge is -2.29. The second kappa shape index (κ2) is 7.04. The largest absolute Gasteiger partial charge is 0.416 e. The molecular formula is C14H16F3N3O4. The molecule has 2 rings (SSSR count). The van der Waals surface area contributed by atoms with Gasteiger partial charge in [0.1, 0.15) is 11.7 Å². The number of anilines is 1. The molecule has 1 amide bonds. The van der Waals surface area contributed by atoms with Crippen LogP contribution in [-0.2, 0) is 15.7 Å². The highest BCUT2D eigenvalue weighted by Gasteiger charge is 2.33. The van der Waals surface area contributed by atoms with Crippen LogP contribution in [-0.4, -0.2) is 48.1 Å². The number of benzene rings is 1. The summed E-state index contributed by atoms with van der Waals surface area (Å²) in [4.78, 5) is 23.9. The van der Waals surface area contributed by atoms with Gasteiger partial charge in [-0.3, -0.25) is 14.9 Å². The third-order valence-electron chi connectivity index (χ3n) is 3.59. The molecule has 7 nitrogen and oxygen atoms in total. The van der Waals surface area contributed by atoms with E-state index in [1.807, 2.05) is 0 Å². The fourth-order valence-electron chi connectivity index (χ4n) is 2.33. The van der Waals surface area contributed by atoms with Gasteiger partial charge in [0.05, 0.1) is 23.7 Å². The quantitative estimate of drug-likeness (QED) is 0.667. The number of rotatable bonds is 4.